The van der Waals surface area contributed by atoms with Crippen LogP contribution in [0.3, 0.4) is 0 Å². The Morgan fingerprint density at radius 2 is 2.06 bits per heavy atom. The summed E-state index contributed by atoms with van der Waals surface area (Å²) in [6.07, 6.45) is 3.40. The first-order chi connectivity index (χ1) is 7.61. The van der Waals surface area contributed by atoms with Crippen molar-refractivity contribution in [2.24, 2.45) is 11.1 Å². The van der Waals surface area contributed by atoms with Gasteiger partial charge < -0.3 is 15.4 Å². The maximum Gasteiger partial charge on any atom is 0.248 e. The van der Waals surface area contributed by atoms with Gasteiger partial charge in [-0.2, -0.15) is 0 Å². The number of hydrogen-bond donors (Lipinski definition) is 1. The molecule has 1 heterocycles. The molecule has 4 heteroatoms. The molecule has 0 aromatic rings. The molecule has 2 N–H and O–H groups in total. The molecule has 16 heavy (non-hydrogen) atoms. The van der Waals surface area contributed by atoms with Gasteiger partial charge in [-0.15, -0.1) is 0 Å². The minimum Gasteiger partial charge on any atom is -0.370 e. The van der Waals surface area contributed by atoms with Gasteiger partial charge in [-0.05, 0) is 18.3 Å². The molecular weight excluding hydrogens is 204 g/mol. The number of hydrogen-bond acceptors (Lipinski definition) is 3. The van der Waals surface area contributed by atoms with Crippen molar-refractivity contribution in [1.82, 2.24) is 4.90 Å². The first kappa shape index (κ1) is 13.5. The van der Waals surface area contributed by atoms with Crippen molar-refractivity contribution in [3.63, 3.8) is 0 Å². The van der Waals surface area contributed by atoms with E-state index in [1.54, 1.807) is 0 Å². The number of nitrogens with two attached hydrogens (primary N) is 1. The minimum atomic E-state index is 0.103. The molecule has 0 saturated carbocycles. The summed E-state index contributed by atoms with van der Waals surface area (Å²) in [5.41, 5.74) is 5.72. The number of rotatable bonds is 5. The van der Waals surface area contributed by atoms with Crippen LogP contribution in [0.4, 0.5) is 0 Å². The fourth-order valence-electron chi connectivity index (χ4n) is 1.98. The summed E-state index contributed by atoms with van der Waals surface area (Å²) in [6.45, 7) is 7.39. The Balaban J connectivity index is 2.27. The van der Waals surface area contributed by atoms with Crippen LogP contribution >= 0.6 is 0 Å². The smallest absolute Gasteiger partial charge is 0.248 e. The van der Waals surface area contributed by atoms with E-state index < -0.39 is 0 Å². The second-order valence-electron chi connectivity index (χ2n) is 4.89. The maximum atomic E-state index is 11.7. The van der Waals surface area contributed by atoms with E-state index in [1.807, 2.05) is 4.90 Å². The minimum absolute atomic E-state index is 0.103. The molecule has 1 saturated heterocycles. The third kappa shape index (κ3) is 3.76. The van der Waals surface area contributed by atoms with Crippen LogP contribution < -0.4 is 5.73 Å². The Labute approximate surface area is 98.1 Å². The Hall–Kier alpha value is -0.610. The Morgan fingerprint density at radius 1 is 1.44 bits per heavy atom. The first-order valence-electron chi connectivity index (χ1n) is 6.17. The number of piperidine rings is 1. The van der Waals surface area contributed by atoms with Gasteiger partial charge in [-0.25, -0.2) is 0 Å². The van der Waals surface area contributed by atoms with Gasteiger partial charge in [0.2, 0.25) is 5.91 Å². The van der Waals surface area contributed by atoms with Gasteiger partial charge in [0.05, 0.1) is 6.61 Å². The molecule has 1 rings (SSSR count). The number of carbonyl (C=O) groups excluding carboxylic acids is 1. The van der Waals surface area contributed by atoms with E-state index in [4.69, 9.17) is 10.5 Å². The summed E-state index contributed by atoms with van der Waals surface area (Å²) >= 11 is 0. The lowest BCUT2D eigenvalue weighted by Crippen LogP contribution is -2.43. The first-order valence-corrected chi connectivity index (χ1v) is 6.17. The van der Waals surface area contributed by atoms with E-state index >= 15 is 0 Å². The van der Waals surface area contributed by atoms with Crippen molar-refractivity contribution < 1.29 is 9.53 Å². The van der Waals surface area contributed by atoms with E-state index in [-0.39, 0.29) is 12.5 Å². The second-order valence-corrected chi connectivity index (χ2v) is 4.89. The molecule has 0 unspecified atom stereocenters. The number of nitrogens with zero attached hydrogens (tertiary/aromatic N) is 1. The van der Waals surface area contributed by atoms with Crippen LogP contribution in [-0.4, -0.2) is 43.7 Å². The van der Waals surface area contributed by atoms with E-state index in [0.717, 1.165) is 25.9 Å². The Morgan fingerprint density at radius 3 is 2.56 bits per heavy atom. The van der Waals surface area contributed by atoms with E-state index in [2.05, 4.69) is 13.8 Å². The van der Waals surface area contributed by atoms with Crippen LogP contribution in [0, 0.1) is 5.41 Å². The zero-order valence-corrected chi connectivity index (χ0v) is 10.5. The van der Waals surface area contributed by atoms with Gasteiger partial charge in [-0.1, -0.05) is 20.3 Å². The topological polar surface area (TPSA) is 55.6 Å². The molecule has 4 nitrogen and oxygen atoms in total. The summed E-state index contributed by atoms with van der Waals surface area (Å²) in [6, 6.07) is 0. The largest absolute Gasteiger partial charge is 0.370 e. The molecule has 0 bridgehead atoms. The van der Waals surface area contributed by atoms with E-state index in [0.29, 0.717) is 18.6 Å². The summed E-state index contributed by atoms with van der Waals surface area (Å²) < 4.78 is 5.16. The standard InChI is InChI=1S/C12H24N2O2/c1-3-12(2)4-7-14(8-5-12)11(15)10-16-9-6-13/h3-10,13H2,1-2H3. The quantitative estimate of drug-likeness (QED) is 0.714. The lowest BCUT2D eigenvalue weighted by Gasteiger charge is -2.38. The Bertz CT molecular complexity index is 223. The zero-order valence-electron chi connectivity index (χ0n) is 10.5. The monoisotopic (exact) mass is 228 g/mol. The van der Waals surface area contributed by atoms with Crippen molar-refractivity contribution in [3.8, 4) is 0 Å². The predicted molar refractivity (Wildman–Crippen MR) is 64.1 cm³/mol. The van der Waals surface area contributed by atoms with Gasteiger partial charge in [0, 0.05) is 19.6 Å². The van der Waals surface area contributed by atoms with Crippen LogP contribution in [0.2, 0.25) is 0 Å². The van der Waals surface area contributed by atoms with Gasteiger partial charge in [0.1, 0.15) is 6.61 Å². The van der Waals surface area contributed by atoms with Crippen molar-refractivity contribution in [1.29, 1.82) is 0 Å². The molecule has 0 spiro atoms. The molecule has 0 aromatic carbocycles. The SMILES string of the molecule is CCC1(C)CCN(C(=O)COCCN)CC1. The molecule has 1 aliphatic heterocycles. The molecule has 0 aromatic heterocycles. The molecule has 0 atom stereocenters. The molecular formula is C12H24N2O2. The number of carbonyl (C=O) groups is 1. The van der Waals surface area contributed by atoms with Crippen molar-refractivity contribution >= 4 is 5.91 Å². The summed E-state index contributed by atoms with van der Waals surface area (Å²) in [5.74, 6) is 0.103. The highest BCUT2D eigenvalue weighted by Gasteiger charge is 2.29. The van der Waals surface area contributed by atoms with Crippen LogP contribution in [-0.2, 0) is 9.53 Å². The van der Waals surface area contributed by atoms with Crippen LogP contribution in [0.15, 0.2) is 0 Å². The van der Waals surface area contributed by atoms with Crippen molar-refractivity contribution in [2.75, 3.05) is 32.8 Å². The van der Waals surface area contributed by atoms with Crippen molar-refractivity contribution in [2.45, 2.75) is 33.1 Å². The van der Waals surface area contributed by atoms with Crippen LogP contribution in [0.25, 0.3) is 0 Å². The molecule has 0 aliphatic carbocycles. The highest BCUT2D eigenvalue weighted by Crippen LogP contribution is 2.33. The molecule has 94 valence electrons. The summed E-state index contributed by atoms with van der Waals surface area (Å²) in [7, 11) is 0. The van der Waals surface area contributed by atoms with Crippen molar-refractivity contribution in [3.05, 3.63) is 0 Å². The van der Waals surface area contributed by atoms with Gasteiger partial charge in [0.25, 0.3) is 0 Å². The van der Waals surface area contributed by atoms with Gasteiger partial charge >= 0.3 is 0 Å². The second kappa shape index (κ2) is 6.21. The average Bonchev–Trinajstić information content (AvgIpc) is 2.30. The molecule has 1 amide bonds. The summed E-state index contributed by atoms with van der Waals surface area (Å²) in [5, 5.41) is 0. The average molecular weight is 228 g/mol. The third-order valence-electron chi connectivity index (χ3n) is 3.66. The van der Waals surface area contributed by atoms with E-state index in [9.17, 15) is 4.79 Å². The third-order valence-corrected chi connectivity index (χ3v) is 3.66. The number of ether oxygens (including phenoxy) is 1. The predicted octanol–water partition coefficient (Wildman–Crippen LogP) is 1.00. The summed E-state index contributed by atoms with van der Waals surface area (Å²) in [4.78, 5) is 13.6. The maximum absolute atomic E-state index is 11.7. The lowest BCUT2D eigenvalue weighted by atomic mass is 9.78. The normalized spacial score (nSPS) is 19.8. The number of amides is 1. The molecule has 1 aliphatic rings. The molecule has 0 radical (unpaired) electrons. The lowest BCUT2D eigenvalue weighted by molar-refractivity contribution is -0.138. The molecule has 1 fully saturated rings. The van der Waals surface area contributed by atoms with Crippen LogP contribution in [0.1, 0.15) is 33.1 Å². The van der Waals surface area contributed by atoms with Gasteiger partial charge in [-0.3, -0.25) is 4.79 Å². The fraction of sp³-hybridized carbons (Fsp3) is 0.917. The van der Waals surface area contributed by atoms with Gasteiger partial charge in [0.15, 0.2) is 0 Å². The fourth-order valence-corrected chi connectivity index (χ4v) is 1.98. The zero-order chi connectivity index (χ0) is 12.0. The highest BCUT2D eigenvalue weighted by molar-refractivity contribution is 5.77. The number of likely N-dealkylation sites (tertiary alicyclic amines) is 1. The van der Waals surface area contributed by atoms with Crippen LogP contribution in [0.5, 0.6) is 0 Å². The highest BCUT2D eigenvalue weighted by atomic mass is 16.5. The Kier molecular flexibility index (Phi) is 5.22. The van der Waals surface area contributed by atoms with E-state index in [1.165, 1.54) is 6.42 Å².